The summed E-state index contributed by atoms with van der Waals surface area (Å²) in [6.07, 6.45) is 0.946. The third-order valence-corrected chi connectivity index (χ3v) is 5.00. The quantitative estimate of drug-likeness (QED) is 0.563. The molecule has 2 heterocycles. The molecule has 1 aliphatic rings. The lowest BCUT2D eigenvalue weighted by atomic mass is 9.98. The zero-order valence-electron chi connectivity index (χ0n) is 15.5. The van der Waals surface area contributed by atoms with Gasteiger partial charge in [0.1, 0.15) is 6.61 Å². The van der Waals surface area contributed by atoms with E-state index in [4.69, 9.17) is 9.47 Å². The molecule has 0 fully saturated rings. The SMILES string of the molecule is O=C(N[C@@H](c1ccccc1)c1ccc2nc[nH]c2c1)[C@@H]1COc2ccccc2O1. The van der Waals surface area contributed by atoms with E-state index in [1.165, 1.54) is 0 Å². The molecule has 0 saturated carbocycles. The first-order valence-electron chi connectivity index (χ1n) is 9.45. The lowest BCUT2D eigenvalue weighted by Gasteiger charge is -2.28. The van der Waals surface area contributed by atoms with Crippen molar-refractivity contribution < 1.29 is 14.3 Å². The Morgan fingerprint density at radius 1 is 1.00 bits per heavy atom. The number of carbonyl (C=O) groups is 1. The van der Waals surface area contributed by atoms with Crippen LogP contribution >= 0.6 is 0 Å². The van der Waals surface area contributed by atoms with E-state index in [-0.39, 0.29) is 18.6 Å². The Labute approximate surface area is 167 Å². The first kappa shape index (κ1) is 17.3. The van der Waals surface area contributed by atoms with Crippen LogP contribution in [0.15, 0.2) is 79.1 Å². The predicted molar refractivity (Wildman–Crippen MR) is 109 cm³/mol. The summed E-state index contributed by atoms with van der Waals surface area (Å²) >= 11 is 0. The van der Waals surface area contributed by atoms with Gasteiger partial charge in [0, 0.05) is 0 Å². The number of aromatic amines is 1. The minimum atomic E-state index is -0.716. The van der Waals surface area contributed by atoms with Crippen molar-refractivity contribution in [3.05, 3.63) is 90.3 Å². The van der Waals surface area contributed by atoms with Crippen LogP contribution in [-0.2, 0) is 4.79 Å². The number of benzene rings is 3. The second kappa shape index (κ2) is 7.31. The van der Waals surface area contributed by atoms with Gasteiger partial charge in [0.15, 0.2) is 11.5 Å². The molecule has 5 rings (SSSR count). The second-order valence-electron chi connectivity index (χ2n) is 6.90. The highest BCUT2D eigenvalue weighted by atomic mass is 16.6. The number of para-hydroxylation sites is 2. The van der Waals surface area contributed by atoms with Gasteiger partial charge in [-0.05, 0) is 35.4 Å². The molecule has 0 saturated heterocycles. The minimum Gasteiger partial charge on any atom is -0.485 e. The molecule has 0 radical (unpaired) electrons. The summed E-state index contributed by atoms with van der Waals surface area (Å²) in [4.78, 5) is 20.4. The maximum absolute atomic E-state index is 13.0. The fourth-order valence-electron chi connectivity index (χ4n) is 3.52. The Morgan fingerprint density at radius 2 is 1.79 bits per heavy atom. The van der Waals surface area contributed by atoms with Crippen LogP contribution in [0.25, 0.3) is 11.0 Å². The predicted octanol–water partition coefficient (Wildman–Crippen LogP) is 3.61. The van der Waals surface area contributed by atoms with Gasteiger partial charge in [0.2, 0.25) is 6.10 Å². The van der Waals surface area contributed by atoms with Gasteiger partial charge in [-0.2, -0.15) is 0 Å². The van der Waals surface area contributed by atoms with E-state index in [1.807, 2.05) is 66.7 Å². The molecule has 6 nitrogen and oxygen atoms in total. The highest BCUT2D eigenvalue weighted by Gasteiger charge is 2.29. The summed E-state index contributed by atoms with van der Waals surface area (Å²) in [6.45, 7) is 0.171. The molecule has 1 aliphatic heterocycles. The maximum atomic E-state index is 13.0. The third-order valence-electron chi connectivity index (χ3n) is 5.00. The summed E-state index contributed by atoms with van der Waals surface area (Å²) < 4.78 is 11.6. The van der Waals surface area contributed by atoms with Gasteiger partial charge in [-0.1, -0.05) is 48.5 Å². The number of ether oxygens (including phenoxy) is 2. The number of amides is 1. The fraction of sp³-hybridized carbons (Fsp3) is 0.130. The van der Waals surface area contributed by atoms with Gasteiger partial charge in [-0.3, -0.25) is 4.79 Å². The van der Waals surface area contributed by atoms with E-state index in [2.05, 4.69) is 15.3 Å². The average Bonchev–Trinajstić information content (AvgIpc) is 3.25. The van der Waals surface area contributed by atoms with E-state index >= 15 is 0 Å². The van der Waals surface area contributed by atoms with Gasteiger partial charge >= 0.3 is 0 Å². The van der Waals surface area contributed by atoms with Gasteiger partial charge in [-0.25, -0.2) is 4.98 Å². The van der Waals surface area contributed by atoms with Crippen LogP contribution in [0, 0.1) is 0 Å². The normalized spacial score (nSPS) is 16.3. The number of hydrogen-bond donors (Lipinski definition) is 2. The number of nitrogens with one attached hydrogen (secondary N) is 2. The lowest BCUT2D eigenvalue weighted by molar-refractivity contribution is -0.130. The molecule has 0 spiro atoms. The molecular weight excluding hydrogens is 366 g/mol. The molecule has 2 atom stereocenters. The number of imidazole rings is 1. The molecule has 0 aliphatic carbocycles. The second-order valence-corrected chi connectivity index (χ2v) is 6.90. The Bertz CT molecular complexity index is 1160. The number of aromatic nitrogens is 2. The summed E-state index contributed by atoms with van der Waals surface area (Å²) in [5.74, 6) is 1.01. The number of fused-ring (bicyclic) bond motifs is 2. The monoisotopic (exact) mass is 385 g/mol. The van der Waals surface area contributed by atoms with Crippen molar-refractivity contribution in [3.63, 3.8) is 0 Å². The van der Waals surface area contributed by atoms with Gasteiger partial charge in [-0.15, -0.1) is 0 Å². The van der Waals surface area contributed by atoms with E-state index in [0.29, 0.717) is 11.5 Å². The zero-order valence-corrected chi connectivity index (χ0v) is 15.5. The van der Waals surface area contributed by atoms with Gasteiger partial charge in [0.25, 0.3) is 5.91 Å². The highest BCUT2D eigenvalue weighted by Crippen LogP contribution is 2.31. The van der Waals surface area contributed by atoms with E-state index in [1.54, 1.807) is 12.4 Å². The Hall–Kier alpha value is -3.80. The Kier molecular flexibility index (Phi) is 4.37. The van der Waals surface area contributed by atoms with E-state index < -0.39 is 6.10 Å². The van der Waals surface area contributed by atoms with Gasteiger partial charge < -0.3 is 19.8 Å². The number of nitrogens with zero attached hydrogens (tertiary/aromatic N) is 1. The first-order chi connectivity index (χ1) is 14.3. The molecule has 0 bridgehead atoms. The fourth-order valence-corrected chi connectivity index (χ4v) is 3.52. The third kappa shape index (κ3) is 3.40. The molecule has 4 aromatic rings. The summed E-state index contributed by atoms with van der Waals surface area (Å²) in [5.41, 5.74) is 3.74. The van der Waals surface area contributed by atoms with Crippen LogP contribution in [0.1, 0.15) is 17.2 Å². The summed E-state index contributed by atoms with van der Waals surface area (Å²) in [6, 6.07) is 22.8. The van der Waals surface area contributed by atoms with Crippen molar-refractivity contribution in [2.75, 3.05) is 6.61 Å². The molecule has 0 unspecified atom stereocenters. The molecule has 6 heteroatoms. The average molecular weight is 385 g/mol. The van der Waals surface area contributed by atoms with Crippen molar-refractivity contribution in [1.29, 1.82) is 0 Å². The largest absolute Gasteiger partial charge is 0.485 e. The van der Waals surface area contributed by atoms with E-state index in [9.17, 15) is 4.79 Å². The molecule has 1 aromatic heterocycles. The summed E-state index contributed by atoms with van der Waals surface area (Å²) in [7, 11) is 0. The molecule has 1 amide bonds. The van der Waals surface area contributed by atoms with Crippen LogP contribution < -0.4 is 14.8 Å². The summed E-state index contributed by atoms with van der Waals surface area (Å²) in [5, 5.41) is 3.13. The lowest BCUT2D eigenvalue weighted by Crippen LogP contribution is -2.45. The molecule has 3 aromatic carbocycles. The zero-order chi connectivity index (χ0) is 19.6. The van der Waals surface area contributed by atoms with Crippen molar-refractivity contribution in [3.8, 4) is 11.5 Å². The van der Waals surface area contributed by atoms with Crippen LogP contribution in [0.5, 0.6) is 11.5 Å². The maximum Gasteiger partial charge on any atom is 0.265 e. The molecule has 2 N–H and O–H groups in total. The first-order valence-corrected chi connectivity index (χ1v) is 9.45. The molecule has 29 heavy (non-hydrogen) atoms. The van der Waals surface area contributed by atoms with Crippen molar-refractivity contribution >= 4 is 16.9 Å². The smallest absolute Gasteiger partial charge is 0.265 e. The van der Waals surface area contributed by atoms with Gasteiger partial charge in [0.05, 0.1) is 23.4 Å². The minimum absolute atomic E-state index is 0.171. The van der Waals surface area contributed by atoms with Crippen LogP contribution in [-0.4, -0.2) is 28.6 Å². The standard InChI is InChI=1S/C23H19N3O3/c27-23(21-13-28-19-8-4-5-9-20(19)29-21)26-22(15-6-2-1-3-7-15)16-10-11-17-18(12-16)25-14-24-17/h1-12,14,21-22H,13H2,(H,24,25)(H,26,27)/t21-,22-/m0/s1. The number of H-pyrrole nitrogens is 1. The number of carbonyl (C=O) groups excluding carboxylic acids is 1. The highest BCUT2D eigenvalue weighted by molar-refractivity contribution is 5.83. The van der Waals surface area contributed by atoms with Crippen molar-refractivity contribution in [2.45, 2.75) is 12.1 Å². The van der Waals surface area contributed by atoms with Crippen LogP contribution in [0.3, 0.4) is 0 Å². The number of rotatable bonds is 4. The number of hydrogen-bond acceptors (Lipinski definition) is 4. The Balaban J connectivity index is 1.43. The molecular formula is C23H19N3O3. The molecule has 144 valence electrons. The van der Waals surface area contributed by atoms with Crippen molar-refractivity contribution in [1.82, 2.24) is 15.3 Å². The van der Waals surface area contributed by atoms with Crippen LogP contribution in [0.2, 0.25) is 0 Å². The van der Waals surface area contributed by atoms with Crippen molar-refractivity contribution in [2.24, 2.45) is 0 Å². The van der Waals surface area contributed by atoms with Crippen LogP contribution in [0.4, 0.5) is 0 Å². The topological polar surface area (TPSA) is 76.2 Å². The Morgan fingerprint density at radius 3 is 2.66 bits per heavy atom. The van der Waals surface area contributed by atoms with E-state index in [0.717, 1.165) is 22.2 Å².